The Kier molecular flexibility index (Phi) is 3.83. The van der Waals surface area contributed by atoms with Gasteiger partial charge in [-0.25, -0.2) is 0 Å². The molecule has 0 aliphatic heterocycles. The van der Waals surface area contributed by atoms with Crippen LogP contribution in [0.25, 0.3) is 0 Å². The van der Waals surface area contributed by atoms with Gasteiger partial charge in [0.1, 0.15) is 0 Å². The Labute approximate surface area is 79.8 Å². The summed E-state index contributed by atoms with van der Waals surface area (Å²) in [5, 5.41) is 8.03. The van der Waals surface area contributed by atoms with Crippen molar-refractivity contribution in [3.8, 4) is 0 Å². The highest BCUT2D eigenvalue weighted by atomic mass is 15.1. The van der Waals surface area contributed by atoms with Crippen LogP contribution in [0.15, 0.2) is 34.2 Å². The first kappa shape index (κ1) is 10.1. The third kappa shape index (κ3) is 3.11. The fourth-order valence-corrected chi connectivity index (χ4v) is 1.21. The first-order valence-corrected chi connectivity index (χ1v) is 4.66. The van der Waals surface area contributed by atoms with E-state index in [-0.39, 0.29) is 0 Å². The quantitative estimate of drug-likeness (QED) is 0.610. The van der Waals surface area contributed by atoms with Crippen LogP contribution in [0.5, 0.6) is 0 Å². The van der Waals surface area contributed by atoms with Crippen LogP contribution in [0.3, 0.4) is 0 Å². The van der Waals surface area contributed by atoms with Gasteiger partial charge in [-0.05, 0) is 33.5 Å². The van der Waals surface area contributed by atoms with Crippen molar-refractivity contribution < 1.29 is 0 Å². The average Bonchev–Trinajstić information content (AvgIpc) is 2.15. The minimum absolute atomic E-state index is 0.514. The Bertz CT molecular complexity index is 239. The minimum atomic E-state index is 0.514. The van der Waals surface area contributed by atoms with Crippen LogP contribution in [-0.2, 0) is 0 Å². The largest absolute Gasteiger partial charge is 0.303 e. The molecular formula is C10H17N3. The number of nitrogens with zero attached hydrogens (tertiary/aromatic N) is 3. The molecule has 3 heteroatoms. The average molecular weight is 179 g/mol. The first-order valence-electron chi connectivity index (χ1n) is 4.66. The molecule has 1 aliphatic rings. The lowest BCUT2D eigenvalue weighted by molar-refractivity contribution is 0.343. The van der Waals surface area contributed by atoms with Gasteiger partial charge in [-0.1, -0.05) is 12.2 Å². The fourth-order valence-electron chi connectivity index (χ4n) is 1.21. The molecule has 1 rings (SSSR count). The molecule has 1 aliphatic carbocycles. The standard InChI is InChI=1S/C10H17N3/c1-4-11-12-9-5-7-10(8-6-9)13(2)3/h5-7,10H,4,8H2,1-3H3/b12-11+. The molecule has 3 nitrogen and oxygen atoms in total. The van der Waals surface area contributed by atoms with Gasteiger partial charge in [-0.3, -0.25) is 0 Å². The summed E-state index contributed by atoms with van der Waals surface area (Å²) in [6, 6.07) is 0.514. The van der Waals surface area contributed by atoms with E-state index in [4.69, 9.17) is 0 Å². The van der Waals surface area contributed by atoms with Crippen LogP contribution in [-0.4, -0.2) is 31.6 Å². The van der Waals surface area contributed by atoms with Crippen LogP contribution in [0, 0.1) is 0 Å². The molecule has 1 unspecified atom stereocenters. The van der Waals surface area contributed by atoms with Gasteiger partial charge >= 0.3 is 0 Å². The molecule has 0 aromatic carbocycles. The smallest absolute Gasteiger partial charge is 0.0810 e. The van der Waals surface area contributed by atoms with Crippen LogP contribution >= 0.6 is 0 Å². The Hall–Kier alpha value is -0.960. The van der Waals surface area contributed by atoms with Crippen molar-refractivity contribution in [1.82, 2.24) is 4.90 Å². The fraction of sp³-hybridized carbons (Fsp3) is 0.600. The van der Waals surface area contributed by atoms with Crippen LogP contribution in [0.1, 0.15) is 13.3 Å². The van der Waals surface area contributed by atoms with Crippen molar-refractivity contribution in [2.75, 3.05) is 20.6 Å². The molecule has 0 heterocycles. The van der Waals surface area contributed by atoms with E-state index < -0.39 is 0 Å². The van der Waals surface area contributed by atoms with Crippen LogP contribution in [0.2, 0.25) is 0 Å². The summed E-state index contributed by atoms with van der Waals surface area (Å²) < 4.78 is 0. The van der Waals surface area contributed by atoms with Gasteiger partial charge in [-0.2, -0.15) is 10.2 Å². The normalized spacial score (nSPS) is 22.8. The lowest BCUT2D eigenvalue weighted by atomic mass is 10.1. The molecule has 0 N–H and O–H groups in total. The van der Waals surface area contributed by atoms with Gasteiger partial charge in [-0.15, -0.1) is 0 Å². The molecule has 72 valence electrons. The molecular weight excluding hydrogens is 162 g/mol. The molecule has 0 bridgehead atoms. The van der Waals surface area contributed by atoms with E-state index in [2.05, 4.69) is 41.4 Å². The Morgan fingerprint density at radius 1 is 1.54 bits per heavy atom. The topological polar surface area (TPSA) is 28.0 Å². The summed E-state index contributed by atoms with van der Waals surface area (Å²) in [7, 11) is 4.17. The van der Waals surface area contributed by atoms with Crippen molar-refractivity contribution >= 4 is 0 Å². The van der Waals surface area contributed by atoms with E-state index in [9.17, 15) is 0 Å². The van der Waals surface area contributed by atoms with Crippen LogP contribution < -0.4 is 0 Å². The number of hydrogen-bond acceptors (Lipinski definition) is 3. The monoisotopic (exact) mass is 179 g/mol. The Morgan fingerprint density at radius 2 is 2.31 bits per heavy atom. The van der Waals surface area contributed by atoms with Gasteiger partial charge in [0.15, 0.2) is 0 Å². The molecule has 13 heavy (non-hydrogen) atoms. The second-order valence-corrected chi connectivity index (χ2v) is 3.31. The predicted octanol–water partition coefficient (Wildman–Crippen LogP) is 2.23. The maximum Gasteiger partial charge on any atom is 0.0810 e. The summed E-state index contributed by atoms with van der Waals surface area (Å²) in [4.78, 5) is 2.20. The number of allylic oxidation sites excluding steroid dienone is 1. The second-order valence-electron chi connectivity index (χ2n) is 3.31. The minimum Gasteiger partial charge on any atom is -0.303 e. The lowest BCUT2D eigenvalue weighted by Gasteiger charge is -2.21. The molecule has 0 amide bonds. The van der Waals surface area contributed by atoms with E-state index in [0.717, 1.165) is 18.7 Å². The first-order chi connectivity index (χ1) is 6.24. The molecule has 0 aromatic rings. The molecule has 0 saturated heterocycles. The van der Waals surface area contributed by atoms with Gasteiger partial charge < -0.3 is 4.90 Å². The maximum atomic E-state index is 4.08. The molecule has 0 saturated carbocycles. The number of likely N-dealkylation sites (N-methyl/N-ethyl adjacent to an activating group) is 1. The summed E-state index contributed by atoms with van der Waals surface area (Å²) >= 11 is 0. The third-order valence-electron chi connectivity index (χ3n) is 2.05. The van der Waals surface area contributed by atoms with E-state index in [0.29, 0.717) is 6.04 Å². The highest BCUT2D eigenvalue weighted by Gasteiger charge is 2.09. The zero-order valence-electron chi connectivity index (χ0n) is 8.57. The summed E-state index contributed by atoms with van der Waals surface area (Å²) in [5.74, 6) is 0. The van der Waals surface area contributed by atoms with Crippen molar-refractivity contribution in [2.24, 2.45) is 10.2 Å². The van der Waals surface area contributed by atoms with Gasteiger partial charge in [0.2, 0.25) is 0 Å². The zero-order chi connectivity index (χ0) is 9.68. The van der Waals surface area contributed by atoms with Crippen molar-refractivity contribution in [3.63, 3.8) is 0 Å². The third-order valence-corrected chi connectivity index (χ3v) is 2.05. The SMILES string of the molecule is CC/N=N/C1=CCC(N(C)C)C=C1. The Balaban J connectivity index is 2.50. The summed E-state index contributed by atoms with van der Waals surface area (Å²) in [6.07, 6.45) is 7.36. The molecule has 0 fully saturated rings. The van der Waals surface area contributed by atoms with Gasteiger partial charge in [0, 0.05) is 6.04 Å². The summed E-state index contributed by atoms with van der Waals surface area (Å²) in [5.41, 5.74) is 0.986. The molecule has 1 atom stereocenters. The van der Waals surface area contributed by atoms with E-state index in [1.54, 1.807) is 0 Å². The molecule has 0 aromatic heterocycles. The van der Waals surface area contributed by atoms with Gasteiger partial charge in [0.05, 0.1) is 12.2 Å². The molecule has 0 spiro atoms. The highest BCUT2D eigenvalue weighted by Crippen LogP contribution is 2.14. The Morgan fingerprint density at radius 3 is 2.77 bits per heavy atom. The van der Waals surface area contributed by atoms with Gasteiger partial charge in [0.25, 0.3) is 0 Å². The highest BCUT2D eigenvalue weighted by molar-refractivity contribution is 5.23. The number of rotatable bonds is 3. The zero-order valence-corrected chi connectivity index (χ0v) is 8.57. The van der Waals surface area contributed by atoms with E-state index >= 15 is 0 Å². The van der Waals surface area contributed by atoms with Crippen molar-refractivity contribution in [2.45, 2.75) is 19.4 Å². The second kappa shape index (κ2) is 4.92. The lowest BCUT2D eigenvalue weighted by Crippen LogP contribution is -2.26. The van der Waals surface area contributed by atoms with E-state index in [1.807, 2.05) is 13.0 Å². The summed E-state index contributed by atoms with van der Waals surface area (Å²) in [6.45, 7) is 2.74. The van der Waals surface area contributed by atoms with Crippen LogP contribution in [0.4, 0.5) is 0 Å². The molecule has 0 radical (unpaired) electrons. The number of azo groups is 1. The number of hydrogen-bond donors (Lipinski definition) is 0. The van der Waals surface area contributed by atoms with Crippen molar-refractivity contribution in [1.29, 1.82) is 0 Å². The predicted molar refractivity (Wildman–Crippen MR) is 54.7 cm³/mol. The van der Waals surface area contributed by atoms with Crippen molar-refractivity contribution in [3.05, 3.63) is 23.9 Å². The van der Waals surface area contributed by atoms with E-state index in [1.165, 1.54) is 0 Å². The maximum absolute atomic E-state index is 4.08.